The second-order valence-corrected chi connectivity index (χ2v) is 8.12. The molecule has 0 aromatic rings. The van der Waals surface area contributed by atoms with Crippen LogP contribution in [-0.2, 0) is 24.4 Å². The molecule has 0 aromatic heterocycles. The number of alkyl halides is 2. The standard InChI is InChI=1S/C15H26F2O8S/c1-3-14(20,4-2)8-10-5-6-11(7-10)24-9-12(18)25-13(19)15(16,17)26(21,22)23/h10-11,13,19-20H,3-9H2,1-2H3,(H,21,22,23). The second kappa shape index (κ2) is 8.87. The predicted octanol–water partition coefficient (Wildman–Crippen LogP) is 1.46. The molecule has 1 rings (SSSR count). The maximum Gasteiger partial charge on any atom is 0.430 e. The third-order valence-electron chi connectivity index (χ3n) is 4.79. The first-order valence-electron chi connectivity index (χ1n) is 8.41. The van der Waals surface area contributed by atoms with Gasteiger partial charge in [-0.1, -0.05) is 13.8 Å². The lowest BCUT2D eigenvalue weighted by atomic mass is 9.85. The topological polar surface area (TPSA) is 130 Å². The van der Waals surface area contributed by atoms with E-state index >= 15 is 0 Å². The van der Waals surface area contributed by atoms with Crippen molar-refractivity contribution in [2.75, 3.05) is 6.61 Å². The minimum Gasteiger partial charge on any atom is -0.426 e. The summed E-state index contributed by atoms with van der Waals surface area (Å²) in [6, 6.07) is 0. The maximum atomic E-state index is 13.1. The van der Waals surface area contributed by atoms with E-state index in [4.69, 9.17) is 14.4 Å². The molecule has 0 aromatic carbocycles. The Bertz CT molecular complexity index is 576. The summed E-state index contributed by atoms with van der Waals surface area (Å²) in [5.74, 6) is -1.18. The van der Waals surface area contributed by atoms with Gasteiger partial charge in [0.1, 0.15) is 6.61 Å². The maximum absolute atomic E-state index is 13.1. The summed E-state index contributed by atoms with van der Waals surface area (Å²) in [7, 11) is -5.93. The number of esters is 1. The Morgan fingerprint density at radius 2 is 1.85 bits per heavy atom. The van der Waals surface area contributed by atoms with E-state index in [0.717, 1.165) is 6.42 Å². The van der Waals surface area contributed by atoms with Crippen LogP contribution in [0, 0.1) is 5.92 Å². The van der Waals surface area contributed by atoms with Crippen molar-refractivity contribution in [1.82, 2.24) is 0 Å². The number of aliphatic hydroxyl groups excluding tert-OH is 1. The molecule has 0 spiro atoms. The Hall–Kier alpha value is -0.880. The van der Waals surface area contributed by atoms with Crippen LogP contribution in [0.5, 0.6) is 0 Å². The molecular formula is C15H26F2O8S. The molecule has 3 N–H and O–H groups in total. The first-order chi connectivity index (χ1) is 11.8. The molecule has 1 aliphatic carbocycles. The van der Waals surface area contributed by atoms with Gasteiger partial charge < -0.3 is 19.7 Å². The zero-order valence-electron chi connectivity index (χ0n) is 14.7. The lowest BCUT2D eigenvalue weighted by molar-refractivity contribution is -0.209. The van der Waals surface area contributed by atoms with Crippen LogP contribution in [0.25, 0.3) is 0 Å². The second-order valence-electron chi connectivity index (χ2n) is 6.63. The highest BCUT2D eigenvalue weighted by molar-refractivity contribution is 7.86. The molecule has 1 saturated carbocycles. The highest BCUT2D eigenvalue weighted by atomic mass is 32.2. The van der Waals surface area contributed by atoms with E-state index in [2.05, 4.69) is 4.74 Å². The molecule has 3 atom stereocenters. The van der Waals surface area contributed by atoms with Gasteiger partial charge in [0, 0.05) is 0 Å². The van der Waals surface area contributed by atoms with Gasteiger partial charge in [0.15, 0.2) is 0 Å². The summed E-state index contributed by atoms with van der Waals surface area (Å²) in [5.41, 5.74) is -0.746. The molecule has 0 saturated heterocycles. The van der Waals surface area contributed by atoms with Crippen LogP contribution in [0.15, 0.2) is 0 Å². The van der Waals surface area contributed by atoms with E-state index in [-0.39, 0.29) is 12.0 Å². The van der Waals surface area contributed by atoms with Gasteiger partial charge in [-0.05, 0) is 44.4 Å². The third-order valence-corrected chi connectivity index (χ3v) is 5.68. The summed E-state index contributed by atoms with van der Waals surface area (Å²) >= 11 is 0. The number of carbonyl (C=O) groups excluding carboxylic acids is 1. The fourth-order valence-corrected chi connectivity index (χ4v) is 3.29. The van der Waals surface area contributed by atoms with E-state index in [0.29, 0.717) is 32.1 Å². The largest absolute Gasteiger partial charge is 0.430 e. The molecule has 26 heavy (non-hydrogen) atoms. The molecular weight excluding hydrogens is 378 g/mol. The van der Waals surface area contributed by atoms with Crippen LogP contribution < -0.4 is 0 Å². The van der Waals surface area contributed by atoms with Gasteiger partial charge in [-0.2, -0.15) is 17.2 Å². The van der Waals surface area contributed by atoms with Gasteiger partial charge >= 0.3 is 21.3 Å². The third kappa shape index (κ3) is 6.08. The first-order valence-corrected chi connectivity index (χ1v) is 9.85. The minimum atomic E-state index is -5.93. The van der Waals surface area contributed by atoms with E-state index < -0.39 is 39.8 Å². The molecule has 1 aliphatic rings. The van der Waals surface area contributed by atoms with E-state index in [1.54, 1.807) is 0 Å². The van der Waals surface area contributed by atoms with Crippen molar-refractivity contribution in [3.8, 4) is 0 Å². The molecule has 0 radical (unpaired) electrons. The highest BCUT2D eigenvalue weighted by Gasteiger charge is 2.54. The Kier molecular flexibility index (Phi) is 7.90. The number of carbonyl (C=O) groups is 1. The average molecular weight is 404 g/mol. The number of rotatable bonds is 10. The lowest BCUT2D eigenvalue weighted by Crippen LogP contribution is -2.44. The normalized spacial score (nSPS) is 23.0. The van der Waals surface area contributed by atoms with Crippen LogP contribution in [0.2, 0.25) is 0 Å². The van der Waals surface area contributed by atoms with Crippen molar-refractivity contribution >= 4 is 16.1 Å². The van der Waals surface area contributed by atoms with Crippen LogP contribution in [0.1, 0.15) is 52.4 Å². The molecule has 154 valence electrons. The number of hydrogen-bond donors (Lipinski definition) is 3. The Labute approximate surface area is 151 Å². The lowest BCUT2D eigenvalue weighted by Gasteiger charge is -2.28. The Morgan fingerprint density at radius 1 is 1.27 bits per heavy atom. The number of ether oxygens (including phenoxy) is 2. The van der Waals surface area contributed by atoms with Gasteiger partial charge in [0.25, 0.3) is 6.29 Å². The zero-order chi connectivity index (χ0) is 20.2. The smallest absolute Gasteiger partial charge is 0.426 e. The summed E-state index contributed by atoms with van der Waals surface area (Å²) in [4.78, 5) is 11.4. The SMILES string of the molecule is CCC(O)(CC)CC1CCC(OCC(=O)OC(O)C(F)(F)S(=O)(=O)O)C1. The molecule has 0 bridgehead atoms. The predicted molar refractivity (Wildman–Crippen MR) is 85.8 cm³/mol. The summed E-state index contributed by atoms with van der Waals surface area (Å²) in [6.45, 7) is 3.05. The molecule has 0 heterocycles. The molecule has 0 aliphatic heterocycles. The summed E-state index contributed by atoms with van der Waals surface area (Å²) < 4.78 is 64.5. The van der Waals surface area contributed by atoms with Crippen molar-refractivity contribution in [2.45, 2.75) is 75.6 Å². The van der Waals surface area contributed by atoms with Crippen LogP contribution in [0.4, 0.5) is 8.78 Å². The summed E-state index contributed by atoms with van der Waals surface area (Å²) in [6.07, 6.45) is 0.161. The zero-order valence-corrected chi connectivity index (χ0v) is 15.5. The van der Waals surface area contributed by atoms with Crippen molar-refractivity contribution in [2.24, 2.45) is 5.92 Å². The van der Waals surface area contributed by atoms with Crippen molar-refractivity contribution in [3.63, 3.8) is 0 Å². The fourth-order valence-electron chi connectivity index (χ4n) is 2.98. The monoisotopic (exact) mass is 404 g/mol. The van der Waals surface area contributed by atoms with Gasteiger partial charge in [0.05, 0.1) is 11.7 Å². The van der Waals surface area contributed by atoms with Crippen molar-refractivity contribution < 1.29 is 46.2 Å². The average Bonchev–Trinajstić information content (AvgIpc) is 2.98. The molecule has 1 fully saturated rings. The van der Waals surface area contributed by atoms with Gasteiger partial charge in [0.2, 0.25) is 0 Å². The number of hydrogen-bond acceptors (Lipinski definition) is 7. The molecule has 0 amide bonds. The Morgan fingerprint density at radius 3 is 2.35 bits per heavy atom. The molecule has 3 unspecified atom stereocenters. The van der Waals surface area contributed by atoms with Gasteiger partial charge in [-0.15, -0.1) is 0 Å². The van der Waals surface area contributed by atoms with Crippen LogP contribution in [-0.4, -0.2) is 59.0 Å². The van der Waals surface area contributed by atoms with E-state index in [9.17, 15) is 27.1 Å². The molecule has 11 heteroatoms. The minimum absolute atomic E-state index is 0.204. The van der Waals surface area contributed by atoms with Gasteiger partial charge in [-0.3, -0.25) is 4.55 Å². The van der Waals surface area contributed by atoms with E-state index in [1.807, 2.05) is 13.8 Å². The van der Waals surface area contributed by atoms with E-state index in [1.165, 1.54) is 0 Å². The van der Waals surface area contributed by atoms with Crippen LogP contribution >= 0.6 is 0 Å². The first kappa shape index (κ1) is 23.2. The Balaban J connectivity index is 2.43. The van der Waals surface area contributed by atoms with Gasteiger partial charge in [-0.25, -0.2) is 4.79 Å². The fraction of sp³-hybridized carbons (Fsp3) is 0.933. The highest BCUT2D eigenvalue weighted by Crippen LogP contribution is 2.36. The number of aliphatic hydroxyl groups is 2. The van der Waals surface area contributed by atoms with Crippen LogP contribution in [0.3, 0.4) is 0 Å². The molecule has 8 nitrogen and oxygen atoms in total. The number of halogens is 2. The van der Waals surface area contributed by atoms with Crippen molar-refractivity contribution in [1.29, 1.82) is 0 Å². The quantitative estimate of drug-likeness (QED) is 0.283. The van der Waals surface area contributed by atoms with Crippen molar-refractivity contribution in [3.05, 3.63) is 0 Å². The summed E-state index contributed by atoms with van der Waals surface area (Å²) in [5, 5.41) is 14.3.